The van der Waals surface area contributed by atoms with Crippen molar-refractivity contribution in [2.75, 3.05) is 0 Å². The number of rotatable bonds is 5. The lowest BCUT2D eigenvalue weighted by atomic mass is 10.0. The van der Waals surface area contributed by atoms with Crippen LogP contribution in [0.3, 0.4) is 0 Å². The van der Waals surface area contributed by atoms with Crippen molar-refractivity contribution in [1.29, 1.82) is 0 Å². The first-order valence-electron chi connectivity index (χ1n) is 19.8. The van der Waals surface area contributed by atoms with Crippen LogP contribution in [-0.4, -0.2) is 19.1 Å². The highest BCUT2D eigenvalue weighted by molar-refractivity contribution is 6.24. The standard InChI is InChI=1S/C54H34N4/c1-3-17-36(18-4-1)46-34-47(37-19-5-2-6-20-37)56-54(55-46)45-32-33-51(40-24-10-9-23-39(40)45)58-50-28-14-12-26-42(50)44-31-30-43-41-25-11-13-27-49(41)57(52(43)53(44)58)48-29-15-21-35-16-7-8-22-38(35)48/h1-34H. The lowest BCUT2D eigenvalue weighted by Gasteiger charge is -2.17. The summed E-state index contributed by atoms with van der Waals surface area (Å²) in [5.41, 5.74) is 11.9. The second kappa shape index (κ2) is 12.9. The molecule has 9 aromatic carbocycles. The van der Waals surface area contributed by atoms with Gasteiger partial charge in [-0.1, -0.05) is 170 Å². The minimum atomic E-state index is 0.698. The van der Waals surface area contributed by atoms with Gasteiger partial charge in [0.05, 0.1) is 44.8 Å². The molecule has 0 N–H and O–H groups in total. The van der Waals surface area contributed by atoms with E-state index in [1.165, 1.54) is 54.6 Å². The second-order valence-electron chi connectivity index (χ2n) is 14.9. The summed E-state index contributed by atoms with van der Waals surface area (Å²) in [5.74, 6) is 0.698. The Hall–Kier alpha value is -7.82. The summed E-state index contributed by atoms with van der Waals surface area (Å²) >= 11 is 0. The molecule has 4 heteroatoms. The number of nitrogens with zero attached hydrogens (tertiary/aromatic N) is 4. The first-order chi connectivity index (χ1) is 28.8. The smallest absolute Gasteiger partial charge is 0.161 e. The molecule has 0 saturated carbocycles. The zero-order chi connectivity index (χ0) is 38.2. The molecule has 3 heterocycles. The Kier molecular flexibility index (Phi) is 7.20. The maximum atomic E-state index is 5.26. The Balaban J connectivity index is 1.18. The van der Waals surface area contributed by atoms with E-state index in [1.807, 2.05) is 12.1 Å². The van der Waals surface area contributed by atoms with Gasteiger partial charge in [0.25, 0.3) is 0 Å². The lowest BCUT2D eigenvalue weighted by Crippen LogP contribution is -2.01. The van der Waals surface area contributed by atoms with Crippen LogP contribution in [0.15, 0.2) is 206 Å². The number of benzene rings is 9. The van der Waals surface area contributed by atoms with E-state index in [0.717, 1.165) is 50.1 Å². The second-order valence-corrected chi connectivity index (χ2v) is 14.9. The topological polar surface area (TPSA) is 35.6 Å². The van der Waals surface area contributed by atoms with Gasteiger partial charge in [0, 0.05) is 49.0 Å². The van der Waals surface area contributed by atoms with Gasteiger partial charge >= 0.3 is 0 Å². The van der Waals surface area contributed by atoms with Crippen LogP contribution in [0.5, 0.6) is 0 Å². The molecule has 0 aliphatic rings. The van der Waals surface area contributed by atoms with E-state index >= 15 is 0 Å². The molecule has 4 nitrogen and oxygen atoms in total. The van der Waals surface area contributed by atoms with E-state index in [9.17, 15) is 0 Å². The van der Waals surface area contributed by atoms with E-state index in [1.54, 1.807) is 0 Å². The SMILES string of the molecule is c1ccc(-c2cc(-c3ccccc3)nc(-c3ccc(-n4c5ccccc5c5ccc6c7ccccc7n(-c7cccc8ccccc78)c6c54)c4ccccc34)n2)cc1. The molecule has 12 aromatic rings. The minimum absolute atomic E-state index is 0.698. The van der Waals surface area contributed by atoms with E-state index < -0.39 is 0 Å². The Morgan fingerprint density at radius 3 is 1.38 bits per heavy atom. The Morgan fingerprint density at radius 1 is 0.310 bits per heavy atom. The molecule has 0 saturated heterocycles. The third-order valence-corrected chi connectivity index (χ3v) is 11.7. The van der Waals surface area contributed by atoms with Crippen LogP contribution in [0.4, 0.5) is 0 Å². The van der Waals surface area contributed by atoms with Crippen molar-refractivity contribution in [2.24, 2.45) is 0 Å². The van der Waals surface area contributed by atoms with Crippen LogP contribution in [0, 0.1) is 0 Å². The predicted molar refractivity (Wildman–Crippen MR) is 242 cm³/mol. The number of para-hydroxylation sites is 2. The minimum Gasteiger partial charge on any atom is -0.307 e. The van der Waals surface area contributed by atoms with Crippen LogP contribution >= 0.6 is 0 Å². The van der Waals surface area contributed by atoms with Crippen molar-refractivity contribution < 1.29 is 0 Å². The number of hydrogen-bond donors (Lipinski definition) is 0. The molecule has 0 fully saturated rings. The van der Waals surface area contributed by atoms with Gasteiger partial charge in [0.2, 0.25) is 0 Å². The third-order valence-electron chi connectivity index (χ3n) is 11.7. The van der Waals surface area contributed by atoms with Crippen LogP contribution in [0.25, 0.3) is 110 Å². The molecule has 270 valence electrons. The molecule has 0 amide bonds. The zero-order valence-corrected chi connectivity index (χ0v) is 31.4. The van der Waals surface area contributed by atoms with E-state index in [-0.39, 0.29) is 0 Å². The van der Waals surface area contributed by atoms with Crippen LogP contribution in [-0.2, 0) is 0 Å². The average molecular weight is 739 g/mol. The number of hydrogen-bond acceptors (Lipinski definition) is 2. The average Bonchev–Trinajstić information content (AvgIpc) is 3.82. The van der Waals surface area contributed by atoms with Gasteiger partial charge in [0.1, 0.15) is 0 Å². The Morgan fingerprint density at radius 2 is 0.776 bits per heavy atom. The Labute approximate surface area is 334 Å². The van der Waals surface area contributed by atoms with Crippen molar-refractivity contribution >= 4 is 65.2 Å². The molecule has 0 unspecified atom stereocenters. The quantitative estimate of drug-likeness (QED) is 0.176. The predicted octanol–water partition coefficient (Wildman–Crippen LogP) is 14.0. The molecule has 58 heavy (non-hydrogen) atoms. The largest absolute Gasteiger partial charge is 0.307 e. The van der Waals surface area contributed by atoms with Crippen molar-refractivity contribution in [3.8, 4) is 45.3 Å². The summed E-state index contributed by atoms with van der Waals surface area (Å²) < 4.78 is 4.99. The summed E-state index contributed by atoms with van der Waals surface area (Å²) in [6.45, 7) is 0. The number of fused-ring (bicyclic) bond motifs is 9. The van der Waals surface area contributed by atoms with Crippen LogP contribution < -0.4 is 0 Å². The molecule has 0 bridgehead atoms. The molecule has 0 spiro atoms. The monoisotopic (exact) mass is 738 g/mol. The molecular weight excluding hydrogens is 705 g/mol. The molecular formula is C54H34N4. The summed E-state index contributed by atoms with van der Waals surface area (Å²) in [5, 5.41) is 9.54. The molecule has 0 radical (unpaired) electrons. The molecule has 0 aliphatic heterocycles. The van der Waals surface area contributed by atoms with Gasteiger partial charge in [-0.2, -0.15) is 0 Å². The van der Waals surface area contributed by atoms with Crippen molar-refractivity contribution in [1.82, 2.24) is 19.1 Å². The molecule has 0 atom stereocenters. The zero-order valence-electron chi connectivity index (χ0n) is 31.4. The normalized spacial score (nSPS) is 11.8. The third kappa shape index (κ3) is 4.88. The van der Waals surface area contributed by atoms with Gasteiger partial charge in [-0.15, -0.1) is 0 Å². The first-order valence-corrected chi connectivity index (χ1v) is 19.8. The summed E-state index contributed by atoms with van der Waals surface area (Å²) in [4.78, 5) is 10.5. The van der Waals surface area contributed by atoms with Crippen molar-refractivity contribution in [3.63, 3.8) is 0 Å². The van der Waals surface area contributed by atoms with Crippen molar-refractivity contribution in [3.05, 3.63) is 206 Å². The fraction of sp³-hybridized carbons (Fsp3) is 0. The van der Waals surface area contributed by atoms with Crippen LogP contribution in [0.2, 0.25) is 0 Å². The van der Waals surface area contributed by atoms with E-state index in [2.05, 4.69) is 203 Å². The first kappa shape index (κ1) is 32.4. The molecule has 12 rings (SSSR count). The van der Waals surface area contributed by atoms with Gasteiger partial charge in [-0.3, -0.25) is 0 Å². The van der Waals surface area contributed by atoms with Gasteiger partial charge in [0.15, 0.2) is 5.82 Å². The highest BCUT2D eigenvalue weighted by Crippen LogP contribution is 2.44. The summed E-state index contributed by atoms with van der Waals surface area (Å²) in [6.07, 6.45) is 0. The van der Waals surface area contributed by atoms with Crippen LogP contribution in [0.1, 0.15) is 0 Å². The lowest BCUT2D eigenvalue weighted by molar-refractivity contribution is 1.16. The van der Waals surface area contributed by atoms with Gasteiger partial charge in [-0.05, 0) is 47.2 Å². The maximum Gasteiger partial charge on any atom is 0.161 e. The summed E-state index contributed by atoms with van der Waals surface area (Å²) in [6, 6.07) is 73.7. The van der Waals surface area contributed by atoms with Gasteiger partial charge in [-0.25, -0.2) is 9.97 Å². The van der Waals surface area contributed by atoms with E-state index in [4.69, 9.17) is 9.97 Å². The highest BCUT2D eigenvalue weighted by Gasteiger charge is 2.23. The Bertz CT molecular complexity index is 3500. The molecule has 3 aromatic heterocycles. The van der Waals surface area contributed by atoms with Crippen molar-refractivity contribution in [2.45, 2.75) is 0 Å². The fourth-order valence-electron chi connectivity index (χ4n) is 9.16. The number of aromatic nitrogens is 4. The summed E-state index contributed by atoms with van der Waals surface area (Å²) in [7, 11) is 0. The maximum absolute atomic E-state index is 5.26. The highest BCUT2D eigenvalue weighted by atomic mass is 15.0. The molecule has 0 aliphatic carbocycles. The van der Waals surface area contributed by atoms with Gasteiger partial charge < -0.3 is 9.13 Å². The fourth-order valence-corrected chi connectivity index (χ4v) is 9.16. The van der Waals surface area contributed by atoms with E-state index in [0.29, 0.717) is 5.82 Å².